The van der Waals surface area contributed by atoms with Gasteiger partial charge in [0.15, 0.2) is 0 Å². The largest absolute Gasteiger partial charge is 0.342 e. The van der Waals surface area contributed by atoms with Crippen LogP contribution in [-0.2, 0) is 16.1 Å². The molecule has 4 nitrogen and oxygen atoms in total. The standard InChI is InChI=1S/C16H22N2O2/c1-11-6-5-7-12(2)13(11)10-18-9-8-14(19)17-16(3,4)15(18)20/h5-7H,8-10H2,1-4H3,(H,17,19). The minimum Gasteiger partial charge on any atom is -0.342 e. The molecule has 2 rings (SSSR count). The Morgan fingerprint density at radius 2 is 1.80 bits per heavy atom. The average molecular weight is 274 g/mol. The lowest BCUT2D eigenvalue weighted by molar-refractivity contribution is -0.137. The van der Waals surface area contributed by atoms with Gasteiger partial charge in [-0.15, -0.1) is 0 Å². The lowest BCUT2D eigenvalue weighted by atomic mass is 10.0. The van der Waals surface area contributed by atoms with Crippen molar-refractivity contribution >= 4 is 11.8 Å². The molecule has 0 saturated carbocycles. The van der Waals surface area contributed by atoms with E-state index in [1.165, 1.54) is 16.7 Å². The number of aryl methyl sites for hydroxylation is 2. The molecule has 0 spiro atoms. The summed E-state index contributed by atoms with van der Waals surface area (Å²) in [5.74, 6) is -0.0849. The maximum absolute atomic E-state index is 12.6. The summed E-state index contributed by atoms with van der Waals surface area (Å²) in [4.78, 5) is 26.0. The SMILES string of the molecule is Cc1cccc(C)c1CN1CCC(=O)NC(C)(C)C1=O. The molecule has 0 bridgehead atoms. The summed E-state index contributed by atoms with van der Waals surface area (Å²) in [5, 5.41) is 2.78. The van der Waals surface area contributed by atoms with Crippen molar-refractivity contribution in [3.8, 4) is 0 Å². The molecule has 1 heterocycles. The molecule has 20 heavy (non-hydrogen) atoms. The van der Waals surface area contributed by atoms with E-state index in [4.69, 9.17) is 0 Å². The third-order valence-corrected chi connectivity index (χ3v) is 3.88. The molecule has 1 N–H and O–H groups in total. The van der Waals surface area contributed by atoms with Crippen molar-refractivity contribution in [1.82, 2.24) is 10.2 Å². The first-order valence-corrected chi connectivity index (χ1v) is 6.97. The van der Waals surface area contributed by atoms with Gasteiger partial charge >= 0.3 is 0 Å². The number of nitrogens with zero attached hydrogens (tertiary/aromatic N) is 1. The highest BCUT2D eigenvalue weighted by Crippen LogP contribution is 2.20. The summed E-state index contributed by atoms with van der Waals surface area (Å²) in [5.41, 5.74) is 2.70. The van der Waals surface area contributed by atoms with Crippen LogP contribution in [0.15, 0.2) is 18.2 Å². The first-order chi connectivity index (χ1) is 9.31. The van der Waals surface area contributed by atoms with Gasteiger partial charge in [-0.1, -0.05) is 18.2 Å². The van der Waals surface area contributed by atoms with Crippen molar-refractivity contribution in [2.24, 2.45) is 0 Å². The Balaban J connectivity index is 2.28. The van der Waals surface area contributed by atoms with E-state index in [1.807, 2.05) is 6.07 Å². The molecule has 0 aliphatic carbocycles. The van der Waals surface area contributed by atoms with Gasteiger partial charge in [-0.3, -0.25) is 9.59 Å². The summed E-state index contributed by atoms with van der Waals surface area (Å²) in [6, 6.07) is 6.13. The van der Waals surface area contributed by atoms with E-state index in [-0.39, 0.29) is 11.8 Å². The van der Waals surface area contributed by atoms with Gasteiger partial charge in [0, 0.05) is 19.5 Å². The summed E-state index contributed by atoms with van der Waals surface area (Å²) >= 11 is 0. The molecule has 1 saturated heterocycles. The first kappa shape index (κ1) is 14.6. The Bertz CT molecular complexity index is 529. The van der Waals surface area contributed by atoms with Crippen LogP contribution in [0, 0.1) is 13.8 Å². The van der Waals surface area contributed by atoms with Crippen molar-refractivity contribution in [2.45, 2.75) is 46.2 Å². The van der Waals surface area contributed by atoms with Crippen LogP contribution in [0.25, 0.3) is 0 Å². The maximum Gasteiger partial charge on any atom is 0.248 e. The molecule has 0 aromatic heterocycles. The van der Waals surface area contributed by atoms with Gasteiger partial charge in [-0.25, -0.2) is 0 Å². The predicted molar refractivity (Wildman–Crippen MR) is 78.2 cm³/mol. The molecule has 2 amide bonds. The molecule has 1 aromatic carbocycles. The molecule has 1 aromatic rings. The number of carbonyl (C=O) groups excluding carboxylic acids is 2. The number of hydrogen-bond donors (Lipinski definition) is 1. The Morgan fingerprint density at radius 3 is 2.40 bits per heavy atom. The van der Waals surface area contributed by atoms with Crippen LogP contribution >= 0.6 is 0 Å². The van der Waals surface area contributed by atoms with Gasteiger partial charge < -0.3 is 10.2 Å². The first-order valence-electron chi connectivity index (χ1n) is 6.97. The number of carbonyl (C=O) groups is 2. The Hall–Kier alpha value is -1.84. The third kappa shape index (κ3) is 2.84. The molecule has 1 aliphatic rings. The van der Waals surface area contributed by atoms with Crippen LogP contribution in [0.5, 0.6) is 0 Å². The van der Waals surface area contributed by atoms with Crippen LogP contribution < -0.4 is 5.32 Å². The Kier molecular flexibility index (Phi) is 3.84. The van der Waals surface area contributed by atoms with Gasteiger partial charge in [-0.05, 0) is 44.4 Å². The molecular formula is C16H22N2O2. The minimum atomic E-state index is -0.829. The summed E-state index contributed by atoms with van der Waals surface area (Å²) in [6.45, 7) is 8.67. The van der Waals surface area contributed by atoms with Crippen molar-refractivity contribution in [1.29, 1.82) is 0 Å². The second-order valence-corrected chi connectivity index (χ2v) is 6.02. The van der Waals surface area contributed by atoms with Crippen LogP contribution in [0.2, 0.25) is 0 Å². The lowest BCUT2D eigenvalue weighted by Crippen LogP contribution is -2.52. The lowest BCUT2D eigenvalue weighted by Gasteiger charge is -2.29. The highest BCUT2D eigenvalue weighted by Gasteiger charge is 2.36. The highest BCUT2D eigenvalue weighted by molar-refractivity contribution is 5.92. The van der Waals surface area contributed by atoms with Gasteiger partial charge in [0.25, 0.3) is 0 Å². The number of nitrogens with one attached hydrogen (secondary N) is 1. The third-order valence-electron chi connectivity index (χ3n) is 3.88. The number of benzene rings is 1. The monoisotopic (exact) mass is 274 g/mol. The molecule has 4 heteroatoms. The zero-order valence-electron chi connectivity index (χ0n) is 12.6. The molecule has 1 fully saturated rings. The number of hydrogen-bond acceptors (Lipinski definition) is 2. The van der Waals surface area contributed by atoms with Gasteiger partial charge in [0.2, 0.25) is 11.8 Å². The Labute approximate surface area is 120 Å². The van der Waals surface area contributed by atoms with Crippen molar-refractivity contribution in [3.05, 3.63) is 34.9 Å². The summed E-state index contributed by atoms with van der Waals surface area (Å²) in [6.07, 6.45) is 0.361. The second-order valence-electron chi connectivity index (χ2n) is 6.02. The maximum atomic E-state index is 12.6. The summed E-state index contributed by atoms with van der Waals surface area (Å²) in [7, 11) is 0. The smallest absolute Gasteiger partial charge is 0.248 e. The molecule has 0 atom stereocenters. The fourth-order valence-corrected chi connectivity index (χ4v) is 2.64. The van der Waals surface area contributed by atoms with Crippen LogP contribution in [0.1, 0.15) is 37.0 Å². The van der Waals surface area contributed by atoms with Crippen LogP contribution in [0.4, 0.5) is 0 Å². The molecular weight excluding hydrogens is 252 g/mol. The number of amides is 2. The fraction of sp³-hybridized carbons (Fsp3) is 0.500. The second kappa shape index (κ2) is 5.27. The van der Waals surface area contributed by atoms with E-state index in [2.05, 4.69) is 31.3 Å². The fourth-order valence-electron chi connectivity index (χ4n) is 2.64. The van der Waals surface area contributed by atoms with Gasteiger partial charge in [-0.2, -0.15) is 0 Å². The summed E-state index contributed by atoms with van der Waals surface area (Å²) < 4.78 is 0. The molecule has 0 radical (unpaired) electrons. The minimum absolute atomic E-state index is 0.0222. The van der Waals surface area contributed by atoms with Crippen LogP contribution in [0.3, 0.4) is 0 Å². The predicted octanol–water partition coefficient (Wildman–Crippen LogP) is 1.93. The van der Waals surface area contributed by atoms with Crippen LogP contribution in [-0.4, -0.2) is 28.8 Å². The van der Waals surface area contributed by atoms with Crippen molar-refractivity contribution in [3.63, 3.8) is 0 Å². The van der Waals surface area contributed by atoms with E-state index in [1.54, 1.807) is 18.7 Å². The van der Waals surface area contributed by atoms with E-state index in [0.717, 1.165) is 0 Å². The van der Waals surface area contributed by atoms with Gasteiger partial charge in [0.05, 0.1) is 0 Å². The van der Waals surface area contributed by atoms with E-state index >= 15 is 0 Å². The van der Waals surface area contributed by atoms with E-state index in [0.29, 0.717) is 19.5 Å². The molecule has 0 unspecified atom stereocenters. The normalized spacial score (nSPS) is 18.7. The van der Waals surface area contributed by atoms with Crippen molar-refractivity contribution in [2.75, 3.05) is 6.54 Å². The quantitative estimate of drug-likeness (QED) is 0.896. The zero-order valence-corrected chi connectivity index (χ0v) is 12.6. The van der Waals surface area contributed by atoms with E-state index in [9.17, 15) is 9.59 Å². The Morgan fingerprint density at radius 1 is 1.20 bits per heavy atom. The highest BCUT2D eigenvalue weighted by atomic mass is 16.2. The number of rotatable bonds is 2. The van der Waals surface area contributed by atoms with Crippen molar-refractivity contribution < 1.29 is 9.59 Å². The topological polar surface area (TPSA) is 49.4 Å². The van der Waals surface area contributed by atoms with E-state index < -0.39 is 5.54 Å². The molecule has 1 aliphatic heterocycles. The average Bonchev–Trinajstić information content (AvgIpc) is 2.44. The zero-order chi connectivity index (χ0) is 14.9. The van der Waals surface area contributed by atoms with Gasteiger partial charge in [0.1, 0.15) is 5.54 Å². The molecule has 108 valence electrons.